The van der Waals surface area contributed by atoms with Gasteiger partial charge in [-0.2, -0.15) is 0 Å². The highest BCUT2D eigenvalue weighted by atomic mass is 13.2. The number of rotatable bonds is 6. The van der Waals surface area contributed by atoms with Crippen LogP contribution in [0.15, 0.2) is 0 Å². The van der Waals surface area contributed by atoms with Crippen LogP contribution < -0.4 is 0 Å². The first-order chi connectivity index (χ1) is 6.82. The molecular weight excluding hydrogens is 162 g/mol. The summed E-state index contributed by atoms with van der Waals surface area (Å²) in [6, 6.07) is 0. The zero-order valence-electron chi connectivity index (χ0n) is 8.66. The highest BCUT2D eigenvalue weighted by molar-refractivity contribution is 8.12. The van der Waals surface area contributed by atoms with Crippen molar-refractivity contribution in [2.45, 2.75) is 0 Å². The molecule has 0 saturated carbocycles. The van der Waals surface area contributed by atoms with E-state index >= 15 is 0 Å². The minimum atomic E-state index is -0.754. The SMILES string of the molecule is [B]B([B])B(B([B])[B])B(B([B])[B])B([B])[B][B-]. The molecule has 0 aromatic heterocycles. The molecule has 15 heavy (non-hydrogen) atoms. The first-order valence-corrected chi connectivity index (χ1v) is 4.67. The first-order valence-electron chi connectivity index (χ1n) is 4.67. The molecule has 0 spiro atoms. The molecule has 0 heterocycles. The van der Waals surface area contributed by atoms with Crippen molar-refractivity contribution in [2.24, 2.45) is 0 Å². The van der Waals surface area contributed by atoms with Gasteiger partial charge in [0.15, 0.2) is 0 Å². The van der Waals surface area contributed by atoms with E-state index in [1.807, 2.05) is 0 Å². The Morgan fingerprint density at radius 3 is 1.20 bits per heavy atom. The fourth-order valence-corrected chi connectivity index (χ4v) is 1.67. The van der Waals surface area contributed by atoms with Crippen LogP contribution in [0.5, 0.6) is 0 Å². The molecule has 0 aliphatic heterocycles. The monoisotopic (exact) mass is 165 g/mol. The maximum absolute atomic E-state index is 5.73. The molecule has 0 N–H and O–H groups in total. The van der Waals surface area contributed by atoms with E-state index in [-0.39, 0.29) is 0 Å². The van der Waals surface area contributed by atoms with Gasteiger partial charge in [0.2, 0.25) is 0 Å². The molecule has 0 rings (SSSR count). The van der Waals surface area contributed by atoms with Crippen LogP contribution in [0.2, 0.25) is 0 Å². The normalized spacial score (nSPS) is 8.87. The molecule has 0 aromatic carbocycles. The number of hydrogen-bond donors (Lipinski definition) is 0. The van der Waals surface area contributed by atoms with Crippen LogP contribution in [0.25, 0.3) is 0 Å². The highest BCUT2D eigenvalue weighted by Gasteiger charge is 2.35. The summed E-state index contributed by atoms with van der Waals surface area (Å²) in [4.78, 5) is 0. The Bertz CT molecular complexity index is 147. The van der Waals surface area contributed by atoms with E-state index in [1.165, 1.54) is 7.06 Å². The predicted octanol–water partition coefficient (Wildman–Crippen LogP) is -5.71. The summed E-state index contributed by atoms with van der Waals surface area (Å²) < 4.78 is 0. The van der Waals surface area contributed by atoms with Crippen molar-refractivity contribution in [1.82, 2.24) is 0 Å². The lowest BCUT2D eigenvalue weighted by molar-refractivity contribution is 3.40. The second kappa shape index (κ2) is 7.33. The van der Waals surface area contributed by atoms with Crippen LogP contribution in [0.3, 0.4) is 0 Å². The zero-order chi connectivity index (χ0) is 12.2. The van der Waals surface area contributed by atoms with Gasteiger partial charge in [0.25, 0.3) is 0 Å². The fraction of sp³-hybridized carbons (Fsp3) is 0. The molecule has 0 unspecified atom stereocenters. The van der Waals surface area contributed by atoms with Crippen molar-refractivity contribution in [3.63, 3.8) is 0 Å². The number of hydrogen-bond acceptors (Lipinski definition) is 0. The van der Waals surface area contributed by atoms with Crippen molar-refractivity contribution in [3.05, 3.63) is 0 Å². The van der Waals surface area contributed by atoms with Gasteiger partial charge in [-0.3, -0.25) is 7.06 Å². The minimum Gasteiger partial charge on any atom is -0.690 e. The van der Waals surface area contributed by atoms with Gasteiger partial charge < -0.3 is 7.74 Å². The van der Waals surface area contributed by atoms with E-state index in [4.69, 9.17) is 61.9 Å². The van der Waals surface area contributed by atoms with Crippen molar-refractivity contribution >= 4 is 107 Å². The van der Waals surface area contributed by atoms with Gasteiger partial charge in [-0.1, -0.05) is 0 Å². The average molecular weight is 162 g/mol. The Hall–Kier alpha value is 0.974. The van der Waals surface area contributed by atoms with Gasteiger partial charge in [0.1, 0.15) is 0 Å². The molecule has 0 fully saturated rings. The maximum Gasteiger partial charge on any atom is -0.0000000127 e. The van der Waals surface area contributed by atoms with Crippen molar-refractivity contribution in [1.29, 1.82) is 0 Å². The Morgan fingerprint density at radius 2 is 1.00 bits per heavy atom. The molecule has 46 valence electrons. The Labute approximate surface area is 107 Å². The molecule has 0 saturated heterocycles. The summed E-state index contributed by atoms with van der Waals surface area (Å²) in [5.74, 6) is 0. The summed E-state index contributed by atoms with van der Waals surface area (Å²) in [6.45, 7) is 0. The van der Waals surface area contributed by atoms with Crippen LogP contribution in [0.4, 0.5) is 0 Å². The highest BCUT2D eigenvalue weighted by Crippen LogP contribution is 1.98. The molecule has 0 amide bonds. The van der Waals surface area contributed by atoms with E-state index in [0.717, 1.165) is 0 Å². The van der Waals surface area contributed by atoms with Gasteiger partial charge in [-0.25, -0.2) is 0 Å². The quantitative estimate of drug-likeness (QED) is 0.341. The zero-order valence-corrected chi connectivity index (χ0v) is 8.66. The molecule has 0 nitrogen and oxygen atoms in total. The third kappa shape index (κ3) is 4.78. The van der Waals surface area contributed by atoms with Crippen LogP contribution in [-0.2, 0) is 0 Å². The van der Waals surface area contributed by atoms with E-state index in [2.05, 4.69) is 0 Å². The van der Waals surface area contributed by atoms with Gasteiger partial charge in [-0.15, -0.1) is 0 Å². The van der Waals surface area contributed by atoms with E-state index in [1.54, 1.807) is 0 Å². The minimum absolute atomic E-state index is 0.463. The van der Waals surface area contributed by atoms with Crippen LogP contribution in [0, 0.1) is 0 Å². The summed E-state index contributed by atoms with van der Waals surface area (Å²) in [7, 11) is 45.8. The molecule has 0 aliphatic rings. The average Bonchev–Trinajstić information content (AvgIpc) is 2.10. The standard InChI is InChI=1S/B15/c1-9-13(8)15(12(6)7)14(10(2)3)11(4)5/q-1. The molecule has 0 aliphatic carbocycles. The molecule has 0 aromatic rings. The smallest absolute Gasteiger partial charge is 0.0000000127 e. The lowest BCUT2D eigenvalue weighted by Crippen LogP contribution is -2.73. The third-order valence-corrected chi connectivity index (χ3v) is 2.44. The van der Waals surface area contributed by atoms with Gasteiger partial charge in [-0.05, 0) is 92.5 Å². The third-order valence-electron chi connectivity index (χ3n) is 2.44. The van der Waals surface area contributed by atoms with E-state index < -0.39 is 38.3 Å². The fourth-order valence-electron chi connectivity index (χ4n) is 1.67. The maximum atomic E-state index is 5.73. The van der Waals surface area contributed by atoms with Gasteiger partial charge >= 0.3 is 0 Å². The molecule has 0 bridgehead atoms. The predicted molar refractivity (Wildman–Crippen MR) is 86.3 cm³/mol. The van der Waals surface area contributed by atoms with Crippen molar-refractivity contribution < 1.29 is 0 Å². The van der Waals surface area contributed by atoms with Crippen LogP contribution in [0.1, 0.15) is 0 Å². The second-order valence-corrected chi connectivity index (χ2v) is 3.66. The Balaban J connectivity index is 4.84. The summed E-state index contributed by atoms with van der Waals surface area (Å²) in [5.41, 5.74) is 0. The lowest BCUT2D eigenvalue weighted by Gasteiger charge is -2.38. The van der Waals surface area contributed by atoms with Gasteiger partial charge in [0, 0.05) is 0 Å². The molecule has 18 radical (unpaired) electrons. The van der Waals surface area contributed by atoms with Crippen LogP contribution >= 0.6 is 0 Å². The topological polar surface area (TPSA) is 0 Å². The van der Waals surface area contributed by atoms with Gasteiger partial charge in [0.05, 0.1) is 0 Å². The van der Waals surface area contributed by atoms with E-state index in [9.17, 15) is 0 Å². The second-order valence-electron chi connectivity index (χ2n) is 3.66. The summed E-state index contributed by atoms with van der Waals surface area (Å²) >= 11 is 0. The summed E-state index contributed by atoms with van der Waals surface area (Å²) in [5, 5.41) is 0. The Kier molecular flexibility index (Phi) is 7.81. The van der Waals surface area contributed by atoms with Crippen LogP contribution in [-0.4, -0.2) is 107 Å². The van der Waals surface area contributed by atoms with E-state index in [0.29, 0.717) is 0 Å². The molecule has 15 heteroatoms. The summed E-state index contributed by atoms with van der Waals surface area (Å²) in [6.07, 6.45) is -3.77. The Morgan fingerprint density at radius 1 is 0.667 bits per heavy atom. The lowest BCUT2D eigenvalue weighted by atomic mass is 8.46. The largest absolute Gasteiger partial charge is 0.690 e. The molecular formula is B15-. The first kappa shape index (κ1) is 16.0. The van der Waals surface area contributed by atoms with Crippen molar-refractivity contribution in [3.8, 4) is 0 Å². The molecule has 0 atom stereocenters. The van der Waals surface area contributed by atoms with Crippen molar-refractivity contribution in [2.75, 3.05) is 0 Å².